The van der Waals surface area contributed by atoms with E-state index in [1.54, 1.807) is 0 Å². The molecule has 2 rings (SSSR count). The van der Waals surface area contributed by atoms with E-state index in [0.717, 1.165) is 45.4 Å². The minimum Gasteiger partial charge on any atom is -0.393 e. The predicted octanol–water partition coefficient (Wildman–Crippen LogP) is 3.06. The summed E-state index contributed by atoms with van der Waals surface area (Å²) in [5, 5.41) is 10.3. The van der Waals surface area contributed by atoms with Crippen molar-refractivity contribution in [1.29, 1.82) is 0 Å². The number of likely N-dealkylation sites (tertiary alicyclic amines) is 1. The first-order valence-corrected chi connectivity index (χ1v) is 8.52. The lowest BCUT2D eigenvalue weighted by atomic mass is 9.70. The molecule has 0 aromatic carbocycles. The Kier molecular flexibility index (Phi) is 5.88. The summed E-state index contributed by atoms with van der Waals surface area (Å²) in [5.74, 6) is 0.448. The van der Waals surface area contributed by atoms with Crippen LogP contribution in [0, 0.1) is 11.3 Å². The number of aliphatic hydroxyl groups excluding tert-OH is 1. The quantitative estimate of drug-likeness (QED) is 0.841. The van der Waals surface area contributed by atoms with Crippen molar-refractivity contribution in [2.45, 2.75) is 71.5 Å². The van der Waals surface area contributed by atoms with Crippen LogP contribution in [0.4, 0.5) is 0 Å². The third-order valence-electron chi connectivity index (χ3n) is 4.99. The molecule has 1 aliphatic carbocycles. The zero-order chi connectivity index (χ0) is 14.6. The maximum absolute atomic E-state index is 10.3. The van der Waals surface area contributed by atoms with Gasteiger partial charge in [0.2, 0.25) is 0 Å². The van der Waals surface area contributed by atoms with Crippen molar-refractivity contribution in [1.82, 2.24) is 4.90 Å². The lowest BCUT2D eigenvalue weighted by Gasteiger charge is -2.42. The largest absolute Gasteiger partial charge is 0.393 e. The lowest BCUT2D eigenvalue weighted by molar-refractivity contribution is -0.0304. The molecule has 3 nitrogen and oxygen atoms in total. The van der Waals surface area contributed by atoms with Gasteiger partial charge in [-0.25, -0.2) is 0 Å². The molecule has 0 radical (unpaired) electrons. The molecule has 0 aromatic heterocycles. The van der Waals surface area contributed by atoms with E-state index in [4.69, 9.17) is 4.74 Å². The fraction of sp³-hybridized carbons (Fsp3) is 1.00. The van der Waals surface area contributed by atoms with Gasteiger partial charge in [-0.2, -0.15) is 0 Å². The molecular weight excluding hydrogens is 250 g/mol. The van der Waals surface area contributed by atoms with Crippen LogP contribution in [0.3, 0.4) is 0 Å². The highest BCUT2D eigenvalue weighted by Crippen LogP contribution is 2.39. The number of hydrogen-bond acceptors (Lipinski definition) is 3. The summed E-state index contributed by atoms with van der Waals surface area (Å²) in [6.45, 7) is 11.0. The topological polar surface area (TPSA) is 32.7 Å². The van der Waals surface area contributed by atoms with Crippen LogP contribution < -0.4 is 0 Å². The first-order chi connectivity index (χ1) is 9.50. The van der Waals surface area contributed by atoms with E-state index in [0.29, 0.717) is 17.4 Å². The first kappa shape index (κ1) is 16.3. The summed E-state index contributed by atoms with van der Waals surface area (Å²) in [4.78, 5) is 2.53. The van der Waals surface area contributed by atoms with Gasteiger partial charge in [-0.3, -0.25) is 0 Å². The van der Waals surface area contributed by atoms with Crippen molar-refractivity contribution in [3.05, 3.63) is 0 Å². The molecule has 20 heavy (non-hydrogen) atoms. The summed E-state index contributed by atoms with van der Waals surface area (Å²) < 4.78 is 5.92. The summed E-state index contributed by atoms with van der Waals surface area (Å²) >= 11 is 0. The Hall–Kier alpha value is -0.120. The van der Waals surface area contributed by atoms with Crippen LogP contribution in [0.5, 0.6) is 0 Å². The van der Waals surface area contributed by atoms with Crippen molar-refractivity contribution in [2.75, 3.05) is 26.2 Å². The molecule has 1 saturated carbocycles. The van der Waals surface area contributed by atoms with E-state index in [1.165, 1.54) is 19.4 Å². The molecule has 118 valence electrons. The predicted molar refractivity (Wildman–Crippen MR) is 82.8 cm³/mol. The zero-order valence-corrected chi connectivity index (χ0v) is 13.6. The van der Waals surface area contributed by atoms with Crippen LogP contribution in [0.2, 0.25) is 0 Å². The number of hydrogen-bond donors (Lipinski definition) is 1. The van der Waals surface area contributed by atoms with Crippen LogP contribution in [0.25, 0.3) is 0 Å². The van der Waals surface area contributed by atoms with Gasteiger partial charge in [-0.1, -0.05) is 20.8 Å². The van der Waals surface area contributed by atoms with Crippen molar-refractivity contribution >= 4 is 0 Å². The minimum absolute atomic E-state index is 0.0973. The molecule has 2 fully saturated rings. The van der Waals surface area contributed by atoms with Gasteiger partial charge in [0.15, 0.2) is 0 Å². The van der Waals surface area contributed by atoms with Crippen molar-refractivity contribution < 1.29 is 9.84 Å². The second-order valence-corrected chi connectivity index (χ2v) is 7.63. The number of ether oxygens (including phenoxy) is 1. The van der Waals surface area contributed by atoms with Crippen LogP contribution in [-0.2, 0) is 4.74 Å². The second-order valence-electron chi connectivity index (χ2n) is 7.63. The van der Waals surface area contributed by atoms with Gasteiger partial charge >= 0.3 is 0 Å². The highest BCUT2D eigenvalue weighted by Gasteiger charge is 2.35. The molecule has 0 bridgehead atoms. The Labute approximate surface area is 124 Å². The third kappa shape index (κ3) is 4.71. The molecular formula is C17H33NO2. The van der Waals surface area contributed by atoms with Gasteiger partial charge in [-0.15, -0.1) is 0 Å². The molecule has 0 spiro atoms. The minimum atomic E-state index is -0.0973. The molecule has 3 atom stereocenters. The van der Waals surface area contributed by atoms with Crippen LogP contribution in [0.15, 0.2) is 0 Å². The van der Waals surface area contributed by atoms with E-state index >= 15 is 0 Å². The molecule has 1 heterocycles. The van der Waals surface area contributed by atoms with Gasteiger partial charge in [0.1, 0.15) is 0 Å². The molecule has 1 saturated heterocycles. The fourth-order valence-electron chi connectivity index (χ4n) is 3.84. The smallest absolute Gasteiger partial charge is 0.0702 e. The van der Waals surface area contributed by atoms with Gasteiger partial charge in [0, 0.05) is 19.7 Å². The maximum atomic E-state index is 10.3. The normalized spacial score (nSPS) is 35.1. The average Bonchev–Trinajstić information content (AvgIpc) is 2.41. The molecule has 1 N–H and O–H groups in total. The van der Waals surface area contributed by atoms with Gasteiger partial charge in [-0.05, 0) is 56.4 Å². The van der Waals surface area contributed by atoms with Gasteiger partial charge in [0.25, 0.3) is 0 Å². The maximum Gasteiger partial charge on any atom is 0.0702 e. The number of aliphatic hydroxyl groups is 1. The third-order valence-corrected chi connectivity index (χ3v) is 4.99. The highest BCUT2D eigenvalue weighted by atomic mass is 16.5. The highest BCUT2D eigenvalue weighted by molar-refractivity contribution is 4.87. The summed E-state index contributed by atoms with van der Waals surface area (Å²) in [6.07, 6.45) is 7.15. The molecule has 3 unspecified atom stereocenters. The van der Waals surface area contributed by atoms with Crippen molar-refractivity contribution in [3.8, 4) is 0 Å². The van der Waals surface area contributed by atoms with E-state index in [1.807, 2.05) is 0 Å². The monoisotopic (exact) mass is 283 g/mol. The summed E-state index contributed by atoms with van der Waals surface area (Å²) in [5.41, 5.74) is 0.401. The number of nitrogens with zero attached hydrogens (tertiary/aromatic N) is 1. The van der Waals surface area contributed by atoms with Crippen molar-refractivity contribution in [3.63, 3.8) is 0 Å². The summed E-state index contributed by atoms with van der Waals surface area (Å²) in [6, 6.07) is 0. The Balaban J connectivity index is 1.82. The molecule has 2 aliphatic rings. The molecule has 0 aromatic rings. The van der Waals surface area contributed by atoms with E-state index < -0.39 is 0 Å². The van der Waals surface area contributed by atoms with Crippen LogP contribution >= 0.6 is 0 Å². The van der Waals surface area contributed by atoms with Crippen LogP contribution in [0.1, 0.15) is 59.3 Å². The second kappa shape index (κ2) is 7.24. The molecule has 3 heteroatoms. The Bertz CT molecular complexity index is 293. The van der Waals surface area contributed by atoms with Crippen LogP contribution in [-0.4, -0.2) is 48.5 Å². The number of piperidine rings is 1. The number of rotatable bonds is 5. The Morgan fingerprint density at radius 1 is 1.30 bits per heavy atom. The Morgan fingerprint density at radius 2 is 2.10 bits per heavy atom. The SMILES string of the molecule is CCCOC1CCCN(CC2CC(C)(C)CCC2O)C1. The lowest BCUT2D eigenvalue weighted by Crippen LogP contribution is -2.46. The van der Waals surface area contributed by atoms with Crippen molar-refractivity contribution in [2.24, 2.45) is 11.3 Å². The van der Waals surface area contributed by atoms with Gasteiger partial charge < -0.3 is 14.7 Å². The standard InChI is InChI=1S/C17H33NO2/c1-4-10-20-15-6-5-9-18(13-15)12-14-11-17(2,3)8-7-16(14)19/h14-16,19H,4-13H2,1-3H3. The zero-order valence-electron chi connectivity index (χ0n) is 13.6. The molecule has 1 aliphatic heterocycles. The summed E-state index contributed by atoms with van der Waals surface area (Å²) in [7, 11) is 0. The van der Waals surface area contributed by atoms with Gasteiger partial charge in [0.05, 0.1) is 12.2 Å². The first-order valence-electron chi connectivity index (χ1n) is 8.52. The fourth-order valence-corrected chi connectivity index (χ4v) is 3.84. The van der Waals surface area contributed by atoms with E-state index in [2.05, 4.69) is 25.7 Å². The Morgan fingerprint density at radius 3 is 2.85 bits per heavy atom. The molecule has 0 amide bonds. The average molecular weight is 283 g/mol. The van der Waals surface area contributed by atoms with E-state index in [-0.39, 0.29) is 6.10 Å². The van der Waals surface area contributed by atoms with E-state index in [9.17, 15) is 5.11 Å².